The third-order valence-electron chi connectivity index (χ3n) is 2.99. The van der Waals surface area contributed by atoms with Crippen molar-refractivity contribution in [3.8, 4) is 5.69 Å². The van der Waals surface area contributed by atoms with Gasteiger partial charge in [0.25, 0.3) is 5.91 Å². The summed E-state index contributed by atoms with van der Waals surface area (Å²) in [5.74, 6) is -1.32. The molecule has 1 N–H and O–H groups in total. The molecule has 0 saturated carbocycles. The molecule has 3 rings (SSSR count). The van der Waals surface area contributed by atoms with Crippen LogP contribution in [0.2, 0.25) is 0 Å². The Labute approximate surface area is 130 Å². The lowest BCUT2D eigenvalue weighted by Crippen LogP contribution is -2.10. The maximum absolute atomic E-state index is 12.1. The molecule has 0 spiro atoms. The van der Waals surface area contributed by atoms with E-state index in [1.54, 1.807) is 10.9 Å². The van der Waals surface area contributed by atoms with E-state index in [9.17, 15) is 9.59 Å². The van der Waals surface area contributed by atoms with Gasteiger partial charge in [0.15, 0.2) is 5.69 Å². The second-order valence-electron chi connectivity index (χ2n) is 4.53. The van der Waals surface area contributed by atoms with E-state index < -0.39 is 11.9 Å². The number of carbonyl (C=O) groups is 2. The number of methoxy groups -OCH3 is 1. The number of esters is 1. The molecule has 8 nitrogen and oxygen atoms in total. The van der Waals surface area contributed by atoms with Gasteiger partial charge in [-0.3, -0.25) is 4.79 Å². The number of benzene rings is 1. The number of nitrogens with zero attached hydrogens (tertiary/aromatic N) is 3. The normalized spacial score (nSPS) is 10.3. The van der Waals surface area contributed by atoms with Crippen LogP contribution in [0.5, 0.6) is 0 Å². The molecule has 0 fully saturated rings. The smallest absolute Gasteiger partial charge is 0.360 e. The van der Waals surface area contributed by atoms with Crippen molar-refractivity contribution < 1.29 is 18.8 Å². The number of anilines is 1. The number of hydrogen-bond donors (Lipinski definition) is 1. The minimum Gasteiger partial charge on any atom is -0.464 e. The van der Waals surface area contributed by atoms with Crippen LogP contribution in [0.3, 0.4) is 0 Å². The fraction of sp³-hybridized carbons (Fsp3) is 0.0667. The topological polar surface area (TPSA) is 99.2 Å². The molecular formula is C15H12N4O4. The van der Waals surface area contributed by atoms with E-state index in [0.717, 1.165) is 5.69 Å². The quantitative estimate of drug-likeness (QED) is 0.739. The summed E-state index contributed by atoms with van der Waals surface area (Å²) in [5.41, 5.74) is 1.27. The Balaban J connectivity index is 1.72. The molecule has 0 atom stereocenters. The van der Waals surface area contributed by atoms with Crippen molar-refractivity contribution in [2.75, 3.05) is 12.4 Å². The molecule has 0 aliphatic rings. The third kappa shape index (κ3) is 3.10. The lowest BCUT2D eigenvalue weighted by Gasteiger charge is -1.99. The zero-order chi connectivity index (χ0) is 16.2. The van der Waals surface area contributed by atoms with Crippen LogP contribution < -0.4 is 5.32 Å². The van der Waals surface area contributed by atoms with Gasteiger partial charge in [-0.25, -0.2) is 9.48 Å². The highest BCUT2D eigenvalue weighted by Gasteiger charge is 2.18. The maximum atomic E-state index is 12.1. The van der Waals surface area contributed by atoms with Crippen LogP contribution in [0.15, 0.2) is 53.3 Å². The van der Waals surface area contributed by atoms with E-state index in [2.05, 4.69) is 20.3 Å². The summed E-state index contributed by atoms with van der Waals surface area (Å²) < 4.78 is 10.9. The summed E-state index contributed by atoms with van der Waals surface area (Å²) in [6.45, 7) is 0. The van der Waals surface area contributed by atoms with Crippen molar-refractivity contribution >= 4 is 17.6 Å². The number of carbonyl (C=O) groups excluding carboxylic acids is 2. The predicted octanol–water partition coefficient (Wildman–Crippen LogP) is 1.90. The van der Waals surface area contributed by atoms with Crippen molar-refractivity contribution in [1.29, 1.82) is 0 Å². The van der Waals surface area contributed by atoms with E-state index in [-0.39, 0.29) is 11.5 Å². The molecule has 0 unspecified atom stereocenters. The van der Waals surface area contributed by atoms with E-state index in [1.165, 1.54) is 19.4 Å². The van der Waals surface area contributed by atoms with Gasteiger partial charge < -0.3 is 14.6 Å². The van der Waals surface area contributed by atoms with E-state index in [0.29, 0.717) is 5.69 Å². The van der Waals surface area contributed by atoms with E-state index in [1.807, 2.05) is 30.3 Å². The largest absolute Gasteiger partial charge is 0.464 e. The second-order valence-corrected chi connectivity index (χ2v) is 4.53. The number of nitrogens with one attached hydrogen (secondary N) is 1. The Morgan fingerprint density at radius 2 is 2.04 bits per heavy atom. The third-order valence-corrected chi connectivity index (χ3v) is 2.99. The highest BCUT2D eigenvalue weighted by atomic mass is 16.5. The first-order valence-electron chi connectivity index (χ1n) is 6.64. The van der Waals surface area contributed by atoms with Gasteiger partial charge in [0, 0.05) is 6.07 Å². The van der Waals surface area contributed by atoms with Crippen LogP contribution in [-0.4, -0.2) is 33.9 Å². The second kappa shape index (κ2) is 6.14. The minimum absolute atomic E-state index is 0.0716. The summed E-state index contributed by atoms with van der Waals surface area (Å²) in [4.78, 5) is 23.3. The molecule has 8 heteroatoms. The summed E-state index contributed by atoms with van der Waals surface area (Å²) in [6.07, 6.45) is 3.16. The monoisotopic (exact) mass is 312 g/mol. The maximum Gasteiger partial charge on any atom is 0.360 e. The van der Waals surface area contributed by atoms with E-state index in [4.69, 9.17) is 4.52 Å². The van der Waals surface area contributed by atoms with Crippen LogP contribution >= 0.6 is 0 Å². The number of ether oxygens (including phenoxy) is 1. The number of para-hydroxylation sites is 1. The Morgan fingerprint density at radius 1 is 1.26 bits per heavy atom. The van der Waals surface area contributed by atoms with Gasteiger partial charge in [-0.05, 0) is 12.1 Å². The minimum atomic E-state index is -0.676. The molecule has 1 aromatic carbocycles. The van der Waals surface area contributed by atoms with Crippen molar-refractivity contribution in [3.63, 3.8) is 0 Å². The summed E-state index contributed by atoms with van der Waals surface area (Å²) in [5, 5.41) is 10.2. The summed E-state index contributed by atoms with van der Waals surface area (Å²) in [6, 6.07) is 10.7. The van der Waals surface area contributed by atoms with Gasteiger partial charge in [-0.2, -0.15) is 5.10 Å². The standard InChI is InChI=1S/C15H12N4O4/c1-22-15(21)12-7-13(23-18-12)14(20)17-10-8-16-19(9-10)11-5-3-2-4-6-11/h2-9H,1H3,(H,17,20). The Bertz CT molecular complexity index is 838. The molecule has 3 aromatic rings. The Morgan fingerprint density at radius 3 is 2.78 bits per heavy atom. The number of rotatable bonds is 4. The van der Waals surface area contributed by atoms with Crippen LogP contribution in [0, 0.1) is 0 Å². The Kier molecular flexibility index (Phi) is 3.88. The summed E-state index contributed by atoms with van der Waals surface area (Å²) in [7, 11) is 1.22. The van der Waals surface area contributed by atoms with Crippen molar-refractivity contribution in [1.82, 2.24) is 14.9 Å². The average Bonchev–Trinajstić information content (AvgIpc) is 3.24. The molecule has 0 aliphatic heterocycles. The first-order valence-corrected chi connectivity index (χ1v) is 6.64. The van der Waals surface area contributed by atoms with Crippen molar-refractivity contribution in [2.45, 2.75) is 0 Å². The highest BCUT2D eigenvalue weighted by Crippen LogP contribution is 2.13. The van der Waals surface area contributed by atoms with Gasteiger partial charge in [0.2, 0.25) is 5.76 Å². The fourth-order valence-corrected chi connectivity index (χ4v) is 1.88. The molecule has 1 amide bonds. The van der Waals surface area contributed by atoms with Crippen LogP contribution in [0.25, 0.3) is 5.69 Å². The first kappa shape index (κ1) is 14.5. The van der Waals surface area contributed by atoms with Gasteiger partial charge in [0.05, 0.1) is 30.9 Å². The van der Waals surface area contributed by atoms with Gasteiger partial charge >= 0.3 is 5.97 Å². The molecule has 23 heavy (non-hydrogen) atoms. The molecule has 2 aromatic heterocycles. The van der Waals surface area contributed by atoms with Crippen LogP contribution in [0.1, 0.15) is 21.0 Å². The lowest BCUT2D eigenvalue weighted by atomic mass is 10.3. The van der Waals surface area contributed by atoms with Gasteiger partial charge in [-0.15, -0.1) is 0 Å². The zero-order valence-corrected chi connectivity index (χ0v) is 12.1. The molecule has 0 bridgehead atoms. The number of hydrogen-bond acceptors (Lipinski definition) is 6. The molecule has 2 heterocycles. The molecule has 0 aliphatic carbocycles. The zero-order valence-electron chi connectivity index (χ0n) is 12.1. The van der Waals surface area contributed by atoms with Gasteiger partial charge in [0.1, 0.15) is 0 Å². The van der Waals surface area contributed by atoms with Gasteiger partial charge in [-0.1, -0.05) is 23.4 Å². The average molecular weight is 312 g/mol. The van der Waals surface area contributed by atoms with Crippen molar-refractivity contribution in [3.05, 3.63) is 60.2 Å². The summed E-state index contributed by atoms with van der Waals surface area (Å²) >= 11 is 0. The molecule has 0 radical (unpaired) electrons. The highest BCUT2D eigenvalue weighted by molar-refractivity contribution is 6.03. The lowest BCUT2D eigenvalue weighted by molar-refractivity contribution is 0.0588. The Hall–Kier alpha value is -3.42. The number of amides is 1. The number of aromatic nitrogens is 3. The van der Waals surface area contributed by atoms with Crippen molar-refractivity contribution in [2.24, 2.45) is 0 Å². The van der Waals surface area contributed by atoms with E-state index >= 15 is 0 Å². The SMILES string of the molecule is COC(=O)c1cc(C(=O)Nc2cnn(-c3ccccc3)c2)on1. The first-order chi connectivity index (χ1) is 11.2. The van der Waals surface area contributed by atoms with Crippen LogP contribution in [0.4, 0.5) is 5.69 Å². The van der Waals surface area contributed by atoms with Crippen LogP contribution in [-0.2, 0) is 4.74 Å². The molecular weight excluding hydrogens is 300 g/mol. The molecule has 116 valence electrons. The fourth-order valence-electron chi connectivity index (χ4n) is 1.88. The predicted molar refractivity (Wildman–Crippen MR) is 79.4 cm³/mol. The molecule has 0 saturated heterocycles.